The number of nitrogens with one attached hydrogen (secondary N) is 1. The Morgan fingerprint density at radius 1 is 1.41 bits per heavy atom. The maximum atomic E-state index is 11.6. The summed E-state index contributed by atoms with van der Waals surface area (Å²) in [6.45, 7) is -0.195. The van der Waals surface area contributed by atoms with Gasteiger partial charge in [-0.1, -0.05) is 0 Å². The summed E-state index contributed by atoms with van der Waals surface area (Å²) in [4.78, 5) is 24.7. The molecule has 94 valence electrons. The fraction of sp³-hybridized carbons (Fsp3) is 0.556. The van der Waals surface area contributed by atoms with Gasteiger partial charge in [-0.25, -0.2) is 4.79 Å². The van der Waals surface area contributed by atoms with E-state index in [0.29, 0.717) is 0 Å². The van der Waals surface area contributed by atoms with Gasteiger partial charge in [0.05, 0.1) is 18.0 Å². The number of rotatable bonds is 2. The zero-order chi connectivity index (χ0) is 12.6. The SMILES string of the molecule is O=c1ccn([C@@H]2O[C@H](CO)[C@H](S)[C@@H]2S)c(=O)[nH]1. The van der Waals surface area contributed by atoms with Crippen LogP contribution in [0, 0.1) is 0 Å². The maximum Gasteiger partial charge on any atom is 0.330 e. The Morgan fingerprint density at radius 3 is 2.65 bits per heavy atom. The van der Waals surface area contributed by atoms with E-state index in [1.165, 1.54) is 16.8 Å². The van der Waals surface area contributed by atoms with Crippen LogP contribution in [0.15, 0.2) is 21.9 Å². The summed E-state index contributed by atoms with van der Waals surface area (Å²) in [5.74, 6) is 0. The topological polar surface area (TPSA) is 84.3 Å². The van der Waals surface area contributed by atoms with E-state index in [0.717, 1.165) is 0 Å². The summed E-state index contributed by atoms with van der Waals surface area (Å²) in [6.07, 6.45) is 0.210. The Hall–Kier alpha value is -0.700. The molecule has 1 saturated heterocycles. The fourth-order valence-corrected chi connectivity index (χ4v) is 2.46. The first kappa shape index (κ1) is 12.7. The number of thiol groups is 2. The van der Waals surface area contributed by atoms with Gasteiger partial charge in [-0.2, -0.15) is 25.3 Å². The number of nitrogens with zero attached hydrogens (tertiary/aromatic N) is 1. The third kappa shape index (κ3) is 2.30. The molecule has 2 rings (SSSR count). The van der Waals surface area contributed by atoms with E-state index < -0.39 is 23.6 Å². The summed E-state index contributed by atoms with van der Waals surface area (Å²) < 4.78 is 6.71. The van der Waals surface area contributed by atoms with Crippen LogP contribution in [0.4, 0.5) is 0 Å². The predicted octanol–water partition coefficient (Wildman–Crippen LogP) is -0.977. The van der Waals surface area contributed by atoms with Gasteiger partial charge in [-0.15, -0.1) is 0 Å². The van der Waals surface area contributed by atoms with Crippen molar-refractivity contribution in [3.63, 3.8) is 0 Å². The molecule has 2 N–H and O–H groups in total. The van der Waals surface area contributed by atoms with Gasteiger partial charge >= 0.3 is 5.69 Å². The van der Waals surface area contributed by atoms with Crippen molar-refractivity contribution >= 4 is 25.3 Å². The van der Waals surface area contributed by atoms with Crippen molar-refractivity contribution in [2.75, 3.05) is 6.61 Å². The van der Waals surface area contributed by atoms with Gasteiger partial charge in [0.25, 0.3) is 5.56 Å². The molecule has 0 spiro atoms. The van der Waals surface area contributed by atoms with E-state index in [2.05, 4.69) is 30.2 Å². The number of hydrogen-bond acceptors (Lipinski definition) is 6. The molecule has 6 nitrogen and oxygen atoms in total. The van der Waals surface area contributed by atoms with Crippen molar-refractivity contribution in [1.29, 1.82) is 0 Å². The second-order valence-corrected chi connectivity index (χ2v) is 4.94. The van der Waals surface area contributed by atoms with Crippen molar-refractivity contribution in [3.05, 3.63) is 33.1 Å². The molecule has 1 fully saturated rings. The highest BCUT2D eigenvalue weighted by atomic mass is 32.1. The number of aromatic amines is 1. The predicted molar refractivity (Wildman–Crippen MR) is 67.9 cm³/mol. The monoisotopic (exact) mass is 276 g/mol. The van der Waals surface area contributed by atoms with Crippen LogP contribution in [0.3, 0.4) is 0 Å². The minimum absolute atomic E-state index is 0.195. The van der Waals surface area contributed by atoms with Gasteiger partial charge in [0.15, 0.2) is 6.23 Å². The van der Waals surface area contributed by atoms with Crippen molar-refractivity contribution in [3.8, 4) is 0 Å². The summed E-state index contributed by atoms with van der Waals surface area (Å²) >= 11 is 8.59. The molecule has 4 atom stereocenters. The molecule has 0 saturated carbocycles. The normalized spacial score (nSPS) is 32.9. The molecule has 0 bridgehead atoms. The van der Waals surface area contributed by atoms with Gasteiger partial charge in [-0.3, -0.25) is 14.3 Å². The number of aliphatic hydroxyl groups excluding tert-OH is 1. The van der Waals surface area contributed by atoms with E-state index in [1.54, 1.807) is 0 Å². The van der Waals surface area contributed by atoms with Crippen LogP contribution in [0.25, 0.3) is 0 Å². The standard InChI is InChI=1S/C9H12N2O4S2/c12-3-4-6(16)7(17)8(15-4)11-2-1-5(13)10-9(11)14/h1-2,4,6-8,12,16-17H,3H2,(H,10,13,14)/t4-,6+,7+,8-/m1/s1. The molecule has 2 heterocycles. The van der Waals surface area contributed by atoms with Crippen molar-refractivity contribution in [2.24, 2.45) is 0 Å². The number of aliphatic hydroxyl groups is 1. The van der Waals surface area contributed by atoms with Crippen LogP contribution in [-0.4, -0.2) is 37.9 Å². The van der Waals surface area contributed by atoms with Gasteiger partial charge in [0.2, 0.25) is 0 Å². The lowest BCUT2D eigenvalue weighted by molar-refractivity contribution is -0.0223. The average Bonchev–Trinajstić information content (AvgIpc) is 2.57. The summed E-state index contributed by atoms with van der Waals surface area (Å²) in [5.41, 5.74) is -1.04. The van der Waals surface area contributed by atoms with E-state index in [-0.39, 0.29) is 17.1 Å². The molecule has 1 aromatic rings. The second-order valence-electron chi connectivity index (χ2n) is 3.75. The molecule has 0 aromatic carbocycles. The lowest BCUT2D eigenvalue weighted by Crippen LogP contribution is -2.34. The van der Waals surface area contributed by atoms with Crippen LogP contribution in [0.1, 0.15) is 6.23 Å². The molecular weight excluding hydrogens is 264 g/mol. The van der Waals surface area contributed by atoms with E-state index in [1.807, 2.05) is 0 Å². The first-order valence-corrected chi connectivity index (χ1v) is 6.02. The average molecular weight is 276 g/mol. The van der Waals surface area contributed by atoms with Crippen molar-refractivity contribution in [1.82, 2.24) is 9.55 Å². The van der Waals surface area contributed by atoms with Crippen molar-refractivity contribution in [2.45, 2.75) is 22.8 Å². The van der Waals surface area contributed by atoms with E-state index in [4.69, 9.17) is 9.84 Å². The highest BCUT2D eigenvalue weighted by Crippen LogP contribution is 2.34. The molecule has 0 radical (unpaired) electrons. The van der Waals surface area contributed by atoms with Crippen LogP contribution in [0.2, 0.25) is 0 Å². The molecule has 1 aliphatic rings. The first-order chi connectivity index (χ1) is 8.04. The lowest BCUT2D eigenvalue weighted by Gasteiger charge is -2.17. The fourth-order valence-electron chi connectivity index (χ4n) is 1.74. The Morgan fingerprint density at radius 2 is 2.12 bits per heavy atom. The summed E-state index contributed by atoms with van der Waals surface area (Å²) in [6, 6.07) is 1.23. The second kappa shape index (κ2) is 4.89. The number of ether oxygens (including phenoxy) is 1. The molecular formula is C9H12N2O4S2. The summed E-state index contributed by atoms with van der Waals surface area (Å²) in [5, 5.41) is 8.45. The van der Waals surface area contributed by atoms with Gasteiger partial charge < -0.3 is 9.84 Å². The Kier molecular flexibility index (Phi) is 3.67. The van der Waals surface area contributed by atoms with Crippen LogP contribution < -0.4 is 11.2 Å². The van der Waals surface area contributed by atoms with Gasteiger partial charge in [0, 0.05) is 17.5 Å². The minimum atomic E-state index is -0.651. The number of H-pyrrole nitrogens is 1. The first-order valence-electron chi connectivity index (χ1n) is 4.98. The summed E-state index contributed by atoms with van der Waals surface area (Å²) in [7, 11) is 0. The number of hydrogen-bond donors (Lipinski definition) is 4. The zero-order valence-electron chi connectivity index (χ0n) is 8.68. The zero-order valence-corrected chi connectivity index (χ0v) is 10.5. The Bertz CT molecular complexity index is 514. The highest BCUT2D eigenvalue weighted by Gasteiger charge is 2.41. The third-order valence-electron chi connectivity index (χ3n) is 2.64. The molecule has 0 aliphatic carbocycles. The Labute approximate surface area is 107 Å². The minimum Gasteiger partial charge on any atom is -0.394 e. The molecule has 1 aliphatic heterocycles. The van der Waals surface area contributed by atoms with E-state index in [9.17, 15) is 9.59 Å². The van der Waals surface area contributed by atoms with Crippen LogP contribution in [0.5, 0.6) is 0 Å². The molecule has 0 amide bonds. The van der Waals surface area contributed by atoms with E-state index >= 15 is 0 Å². The largest absolute Gasteiger partial charge is 0.394 e. The molecule has 8 heteroatoms. The Balaban J connectivity index is 2.35. The highest BCUT2D eigenvalue weighted by molar-refractivity contribution is 7.85. The van der Waals surface area contributed by atoms with Gasteiger partial charge in [0.1, 0.15) is 0 Å². The van der Waals surface area contributed by atoms with Crippen LogP contribution in [-0.2, 0) is 4.74 Å². The smallest absolute Gasteiger partial charge is 0.330 e. The molecule has 0 unspecified atom stereocenters. The van der Waals surface area contributed by atoms with Gasteiger partial charge in [-0.05, 0) is 0 Å². The molecule has 17 heavy (non-hydrogen) atoms. The lowest BCUT2D eigenvalue weighted by atomic mass is 10.2. The quantitative estimate of drug-likeness (QED) is 0.523. The number of aromatic nitrogens is 2. The van der Waals surface area contributed by atoms with Crippen molar-refractivity contribution < 1.29 is 9.84 Å². The van der Waals surface area contributed by atoms with Crippen LogP contribution >= 0.6 is 25.3 Å². The third-order valence-corrected chi connectivity index (χ3v) is 4.11. The molecule has 1 aromatic heterocycles. The maximum absolute atomic E-state index is 11.6.